The van der Waals surface area contributed by atoms with Crippen LogP contribution in [0.15, 0.2) is 0 Å². The summed E-state index contributed by atoms with van der Waals surface area (Å²) in [7, 11) is 0. The molecule has 0 aromatic heterocycles. The molecule has 2 amide bonds. The molecule has 0 aliphatic carbocycles. The number of aliphatic carboxylic acids is 3. The van der Waals surface area contributed by atoms with Crippen molar-refractivity contribution in [2.75, 3.05) is 6.54 Å². The summed E-state index contributed by atoms with van der Waals surface area (Å²) in [6.07, 6.45) is 19.6. The lowest BCUT2D eigenvalue weighted by Gasteiger charge is -2.14. The molecule has 0 radical (unpaired) electrons. The lowest BCUT2D eigenvalue weighted by Crippen LogP contribution is -2.41. The summed E-state index contributed by atoms with van der Waals surface area (Å²) in [4.78, 5) is 57.0. The van der Waals surface area contributed by atoms with Crippen LogP contribution >= 0.6 is 0 Å². The maximum atomic E-state index is 12.2. The zero-order chi connectivity index (χ0) is 32.1. The molecule has 0 aromatic rings. The molecule has 2 atom stereocenters. The van der Waals surface area contributed by atoms with Crippen molar-refractivity contribution >= 4 is 29.7 Å². The normalized spacial score (nSPS) is 12.4. The number of unbranched alkanes of at least 4 members (excludes halogenated alkanes) is 16. The number of carboxylic acid groups (broad SMARTS) is 3. The van der Waals surface area contributed by atoms with E-state index in [0.717, 1.165) is 38.5 Å². The first kappa shape index (κ1) is 40.3. The third kappa shape index (κ3) is 26.6. The highest BCUT2D eigenvalue weighted by molar-refractivity contribution is 5.84. The molecule has 0 heterocycles. The Morgan fingerprint density at radius 1 is 0.465 bits per heavy atom. The van der Waals surface area contributed by atoms with Gasteiger partial charge in [0, 0.05) is 25.8 Å². The first-order chi connectivity index (χ1) is 20.7. The second-order valence-electron chi connectivity index (χ2n) is 11.4. The van der Waals surface area contributed by atoms with Gasteiger partial charge in [-0.1, -0.05) is 89.9 Å². The van der Waals surface area contributed by atoms with E-state index in [-0.39, 0.29) is 43.9 Å². The fourth-order valence-corrected chi connectivity index (χ4v) is 4.87. The summed E-state index contributed by atoms with van der Waals surface area (Å²) in [6, 6.07) is -2.18. The van der Waals surface area contributed by atoms with E-state index in [2.05, 4.69) is 10.6 Å². The predicted octanol–water partition coefficient (Wildman–Crippen LogP) is 5.16. The zero-order valence-electron chi connectivity index (χ0n) is 26.0. The van der Waals surface area contributed by atoms with Crippen LogP contribution in [0.2, 0.25) is 0 Å². The number of carbonyl (C=O) groups is 5. The molecule has 0 spiro atoms. The molecular formula is C31H57N3O9. The van der Waals surface area contributed by atoms with E-state index < -0.39 is 30.0 Å². The molecular weight excluding hydrogens is 558 g/mol. The summed E-state index contributed by atoms with van der Waals surface area (Å²) in [6.45, 7) is 0.307. The number of hydroxylamine groups is 1. The topological polar surface area (TPSA) is 202 Å². The van der Waals surface area contributed by atoms with Crippen molar-refractivity contribution in [2.45, 2.75) is 160 Å². The van der Waals surface area contributed by atoms with Crippen LogP contribution in [-0.4, -0.2) is 68.9 Å². The van der Waals surface area contributed by atoms with Crippen LogP contribution in [0.5, 0.6) is 0 Å². The molecule has 12 heteroatoms. The van der Waals surface area contributed by atoms with Gasteiger partial charge in [-0.05, 0) is 38.5 Å². The maximum absolute atomic E-state index is 12.2. The van der Waals surface area contributed by atoms with Gasteiger partial charge in [0.25, 0.3) is 0 Å². The molecule has 43 heavy (non-hydrogen) atoms. The van der Waals surface area contributed by atoms with Crippen molar-refractivity contribution in [2.24, 2.45) is 0 Å². The van der Waals surface area contributed by atoms with Gasteiger partial charge < -0.3 is 31.2 Å². The quantitative estimate of drug-likeness (QED) is 0.0403. The largest absolute Gasteiger partial charge is 0.481 e. The smallest absolute Gasteiger partial charge is 0.326 e. The van der Waals surface area contributed by atoms with Crippen LogP contribution < -0.4 is 16.1 Å². The Morgan fingerprint density at radius 3 is 1.33 bits per heavy atom. The van der Waals surface area contributed by atoms with Gasteiger partial charge in [-0.25, -0.2) is 4.79 Å². The van der Waals surface area contributed by atoms with Gasteiger partial charge in [0.05, 0.1) is 0 Å². The number of hydrogen-bond donors (Lipinski definition) is 7. The first-order valence-corrected chi connectivity index (χ1v) is 16.3. The summed E-state index contributed by atoms with van der Waals surface area (Å²) in [5.41, 5.74) is 1.72. The Hall–Kier alpha value is -2.73. The zero-order valence-corrected chi connectivity index (χ0v) is 26.0. The molecule has 250 valence electrons. The van der Waals surface area contributed by atoms with E-state index in [4.69, 9.17) is 15.4 Å². The lowest BCUT2D eigenvalue weighted by atomic mass is 10.0. The number of amides is 2. The molecule has 7 N–H and O–H groups in total. The molecule has 0 rings (SSSR count). The average Bonchev–Trinajstić information content (AvgIpc) is 2.95. The third-order valence-electron chi connectivity index (χ3n) is 7.53. The number of hydrogen-bond acceptors (Lipinski definition) is 7. The van der Waals surface area contributed by atoms with Crippen LogP contribution in [0.1, 0.15) is 148 Å². The SMILES string of the molecule is O=C(O)CCCCCCCCCCCCCCCCCCC(=O)N[C@@H](CCC(=O)NCCCC[C@H](NO)C(=O)O)C(=O)O. The molecule has 0 unspecified atom stereocenters. The molecule has 0 aliphatic heterocycles. The standard InChI is InChI=1S/C31H57N3O9/c35-27(32-24-18-17-19-26(34-43)31(41)42)23-22-25(30(39)40)33-28(36)20-15-13-11-9-7-5-3-1-2-4-6-8-10-12-14-16-21-29(37)38/h25-26,34,43H,1-24H2,(H,32,35)(H,33,36)(H,37,38)(H,39,40)(H,41,42)/t25-,26-/m0/s1. The molecule has 0 fully saturated rings. The van der Waals surface area contributed by atoms with Crippen LogP contribution in [0.4, 0.5) is 0 Å². The summed E-state index contributed by atoms with van der Waals surface area (Å²) in [5.74, 6) is -3.70. The van der Waals surface area contributed by atoms with Crippen LogP contribution in [0.25, 0.3) is 0 Å². The van der Waals surface area contributed by atoms with Gasteiger partial charge in [-0.15, -0.1) is 0 Å². The first-order valence-electron chi connectivity index (χ1n) is 16.3. The van der Waals surface area contributed by atoms with E-state index in [1.165, 1.54) is 57.8 Å². The minimum absolute atomic E-state index is 0.0153. The Bertz CT molecular complexity index is 780. The number of carboxylic acids is 3. The van der Waals surface area contributed by atoms with Crippen LogP contribution in [0.3, 0.4) is 0 Å². The fraction of sp³-hybridized carbons (Fsp3) is 0.839. The Morgan fingerprint density at radius 2 is 0.907 bits per heavy atom. The van der Waals surface area contributed by atoms with Gasteiger partial charge in [-0.2, -0.15) is 5.48 Å². The second-order valence-corrected chi connectivity index (χ2v) is 11.4. The average molecular weight is 616 g/mol. The monoisotopic (exact) mass is 615 g/mol. The maximum Gasteiger partial charge on any atom is 0.326 e. The third-order valence-corrected chi connectivity index (χ3v) is 7.53. The van der Waals surface area contributed by atoms with E-state index in [9.17, 15) is 29.1 Å². The number of rotatable bonds is 31. The van der Waals surface area contributed by atoms with Gasteiger partial charge in [-0.3, -0.25) is 19.2 Å². The molecule has 0 saturated carbocycles. The Labute approximate surface area is 256 Å². The van der Waals surface area contributed by atoms with Gasteiger partial charge in [0.1, 0.15) is 12.1 Å². The van der Waals surface area contributed by atoms with Crippen LogP contribution in [-0.2, 0) is 24.0 Å². The molecule has 0 bridgehead atoms. The second kappa shape index (κ2) is 28.1. The van der Waals surface area contributed by atoms with Crippen molar-refractivity contribution in [3.05, 3.63) is 0 Å². The van der Waals surface area contributed by atoms with E-state index in [0.29, 0.717) is 25.8 Å². The molecule has 0 aliphatic rings. The van der Waals surface area contributed by atoms with Crippen molar-refractivity contribution in [1.82, 2.24) is 16.1 Å². The van der Waals surface area contributed by atoms with Gasteiger partial charge >= 0.3 is 17.9 Å². The lowest BCUT2D eigenvalue weighted by molar-refractivity contribution is -0.143. The highest BCUT2D eigenvalue weighted by Gasteiger charge is 2.21. The van der Waals surface area contributed by atoms with Gasteiger partial charge in [0.2, 0.25) is 11.8 Å². The summed E-state index contributed by atoms with van der Waals surface area (Å²) < 4.78 is 0. The minimum atomic E-state index is -1.18. The van der Waals surface area contributed by atoms with Crippen molar-refractivity contribution in [1.29, 1.82) is 0 Å². The van der Waals surface area contributed by atoms with Crippen molar-refractivity contribution in [3.63, 3.8) is 0 Å². The van der Waals surface area contributed by atoms with E-state index >= 15 is 0 Å². The molecule has 0 saturated heterocycles. The predicted molar refractivity (Wildman–Crippen MR) is 163 cm³/mol. The van der Waals surface area contributed by atoms with E-state index in [1.54, 1.807) is 5.48 Å². The molecule has 0 aromatic carbocycles. The fourth-order valence-electron chi connectivity index (χ4n) is 4.87. The number of carbonyl (C=O) groups excluding carboxylic acids is 2. The Kier molecular flexibility index (Phi) is 26.3. The molecule has 12 nitrogen and oxygen atoms in total. The van der Waals surface area contributed by atoms with Gasteiger partial charge in [0.15, 0.2) is 0 Å². The highest BCUT2D eigenvalue weighted by Crippen LogP contribution is 2.14. The summed E-state index contributed by atoms with van der Waals surface area (Å²) >= 11 is 0. The van der Waals surface area contributed by atoms with Crippen molar-refractivity contribution < 1.29 is 44.5 Å². The van der Waals surface area contributed by atoms with Crippen molar-refractivity contribution in [3.8, 4) is 0 Å². The Balaban J connectivity index is 3.68. The minimum Gasteiger partial charge on any atom is -0.481 e. The summed E-state index contributed by atoms with van der Waals surface area (Å²) in [5, 5.41) is 40.8. The van der Waals surface area contributed by atoms with E-state index in [1.807, 2.05) is 0 Å². The number of nitrogens with one attached hydrogen (secondary N) is 3. The highest BCUT2D eigenvalue weighted by atomic mass is 16.5. The van der Waals surface area contributed by atoms with Crippen LogP contribution in [0, 0.1) is 0 Å².